The summed E-state index contributed by atoms with van der Waals surface area (Å²) in [5.74, 6) is -0.278. The summed E-state index contributed by atoms with van der Waals surface area (Å²) in [6.07, 6.45) is 0. The second-order valence-corrected chi connectivity index (χ2v) is 5.16. The predicted molar refractivity (Wildman–Crippen MR) is 80.8 cm³/mol. The van der Waals surface area contributed by atoms with Crippen molar-refractivity contribution >= 4 is 51.1 Å². The first kappa shape index (κ1) is 12.2. The van der Waals surface area contributed by atoms with Crippen LogP contribution in [0.4, 0.5) is 21.8 Å². The van der Waals surface area contributed by atoms with Crippen molar-refractivity contribution in [2.75, 3.05) is 11.1 Å². The minimum absolute atomic E-state index is 0.278. The SMILES string of the molecule is Nc1ccc2nc(Nc3ccc(F)cc3I)oc2c1. The Bertz CT molecular complexity index is 757. The molecule has 3 aromatic rings. The van der Waals surface area contributed by atoms with Crippen LogP contribution in [0.2, 0.25) is 0 Å². The number of halogens is 2. The quantitative estimate of drug-likeness (QED) is 0.531. The van der Waals surface area contributed by atoms with E-state index in [4.69, 9.17) is 10.2 Å². The molecule has 0 amide bonds. The second kappa shape index (κ2) is 4.69. The molecule has 2 aromatic carbocycles. The minimum Gasteiger partial charge on any atom is -0.423 e. The standard InChI is InChI=1S/C13H9FIN3O/c14-7-1-3-10(9(15)5-7)17-13-18-11-4-2-8(16)6-12(11)19-13/h1-6H,16H2,(H,17,18). The van der Waals surface area contributed by atoms with Gasteiger partial charge in [0.05, 0.1) is 5.69 Å². The van der Waals surface area contributed by atoms with E-state index in [2.05, 4.69) is 10.3 Å². The summed E-state index contributed by atoms with van der Waals surface area (Å²) in [5, 5.41) is 3.02. The van der Waals surface area contributed by atoms with Crippen LogP contribution in [0.25, 0.3) is 11.1 Å². The molecular formula is C13H9FIN3O. The lowest BCUT2D eigenvalue weighted by atomic mass is 10.3. The van der Waals surface area contributed by atoms with Gasteiger partial charge in [0.1, 0.15) is 11.3 Å². The van der Waals surface area contributed by atoms with Gasteiger partial charge in [-0.2, -0.15) is 4.98 Å². The van der Waals surface area contributed by atoms with Crippen molar-refractivity contribution in [1.82, 2.24) is 4.98 Å². The maximum atomic E-state index is 13.0. The molecule has 0 saturated heterocycles. The van der Waals surface area contributed by atoms with Crippen molar-refractivity contribution in [1.29, 1.82) is 0 Å². The molecule has 3 N–H and O–H groups in total. The molecule has 6 heteroatoms. The zero-order valence-corrected chi connectivity index (χ0v) is 11.8. The minimum atomic E-state index is -0.278. The summed E-state index contributed by atoms with van der Waals surface area (Å²) in [4.78, 5) is 4.28. The van der Waals surface area contributed by atoms with Gasteiger partial charge in [0.2, 0.25) is 0 Å². The van der Waals surface area contributed by atoms with Gasteiger partial charge < -0.3 is 15.5 Å². The maximum absolute atomic E-state index is 13.0. The molecule has 1 aromatic heterocycles. The molecule has 4 nitrogen and oxygen atoms in total. The van der Waals surface area contributed by atoms with Crippen molar-refractivity contribution in [3.63, 3.8) is 0 Å². The molecule has 96 valence electrons. The molecular weight excluding hydrogens is 360 g/mol. The zero-order valence-electron chi connectivity index (χ0n) is 9.65. The number of nitrogen functional groups attached to an aromatic ring is 1. The Morgan fingerprint density at radius 1 is 1.21 bits per heavy atom. The van der Waals surface area contributed by atoms with Crippen LogP contribution in [-0.4, -0.2) is 4.98 Å². The number of fused-ring (bicyclic) bond motifs is 1. The second-order valence-electron chi connectivity index (χ2n) is 4.00. The van der Waals surface area contributed by atoms with Crippen molar-refractivity contribution in [2.24, 2.45) is 0 Å². The largest absolute Gasteiger partial charge is 0.423 e. The number of benzene rings is 2. The van der Waals surface area contributed by atoms with Crippen LogP contribution in [0.1, 0.15) is 0 Å². The Hall–Kier alpha value is -1.83. The summed E-state index contributed by atoms with van der Waals surface area (Å²) in [5.41, 5.74) is 8.36. The zero-order chi connectivity index (χ0) is 13.4. The van der Waals surface area contributed by atoms with Crippen LogP contribution in [0.15, 0.2) is 40.8 Å². The highest BCUT2D eigenvalue weighted by Gasteiger charge is 2.08. The Labute approximate surface area is 122 Å². The summed E-state index contributed by atoms with van der Waals surface area (Å²) >= 11 is 2.04. The number of rotatable bonds is 2. The highest BCUT2D eigenvalue weighted by molar-refractivity contribution is 14.1. The number of aromatic nitrogens is 1. The van der Waals surface area contributed by atoms with Crippen LogP contribution >= 0.6 is 22.6 Å². The molecule has 0 fully saturated rings. The lowest BCUT2D eigenvalue weighted by Crippen LogP contribution is -1.93. The van der Waals surface area contributed by atoms with E-state index in [1.54, 1.807) is 24.3 Å². The number of nitrogens with two attached hydrogens (primary N) is 1. The monoisotopic (exact) mass is 369 g/mol. The highest BCUT2D eigenvalue weighted by Crippen LogP contribution is 2.26. The summed E-state index contributed by atoms with van der Waals surface area (Å²) < 4.78 is 19.3. The third-order valence-electron chi connectivity index (χ3n) is 2.59. The lowest BCUT2D eigenvalue weighted by Gasteiger charge is -2.03. The highest BCUT2D eigenvalue weighted by atomic mass is 127. The predicted octanol–water partition coefficient (Wildman–Crippen LogP) is 3.90. The smallest absolute Gasteiger partial charge is 0.300 e. The Morgan fingerprint density at radius 3 is 2.84 bits per heavy atom. The third kappa shape index (κ3) is 2.48. The first-order valence-electron chi connectivity index (χ1n) is 5.50. The van der Waals surface area contributed by atoms with Crippen molar-refractivity contribution in [2.45, 2.75) is 0 Å². The first-order chi connectivity index (χ1) is 9.11. The van der Waals surface area contributed by atoms with E-state index in [1.807, 2.05) is 22.6 Å². The van der Waals surface area contributed by atoms with Gasteiger partial charge in [-0.3, -0.25) is 0 Å². The molecule has 0 unspecified atom stereocenters. The van der Waals surface area contributed by atoms with Gasteiger partial charge in [0.25, 0.3) is 6.01 Å². The molecule has 19 heavy (non-hydrogen) atoms. The lowest BCUT2D eigenvalue weighted by molar-refractivity contribution is 0.620. The molecule has 0 radical (unpaired) electrons. The van der Waals surface area contributed by atoms with E-state index in [0.717, 1.165) is 9.26 Å². The molecule has 0 aliphatic rings. The summed E-state index contributed by atoms with van der Waals surface area (Å²) in [6, 6.07) is 10.1. The number of anilines is 3. The number of nitrogens with zero attached hydrogens (tertiary/aromatic N) is 1. The van der Waals surface area contributed by atoms with Gasteiger partial charge in [-0.25, -0.2) is 4.39 Å². The van der Waals surface area contributed by atoms with Gasteiger partial charge in [-0.15, -0.1) is 0 Å². The van der Waals surface area contributed by atoms with Gasteiger partial charge in [-0.05, 0) is 52.9 Å². The normalized spacial score (nSPS) is 10.8. The fraction of sp³-hybridized carbons (Fsp3) is 0. The Morgan fingerprint density at radius 2 is 2.05 bits per heavy atom. The van der Waals surface area contributed by atoms with Crippen molar-refractivity contribution in [3.05, 3.63) is 45.8 Å². The van der Waals surface area contributed by atoms with Crippen molar-refractivity contribution in [3.8, 4) is 0 Å². The van der Waals surface area contributed by atoms with Crippen LogP contribution < -0.4 is 11.1 Å². The topological polar surface area (TPSA) is 64.1 Å². The number of nitrogens with one attached hydrogen (secondary N) is 1. The average Bonchev–Trinajstić information content (AvgIpc) is 2.74. The van der Waals surface area contributed by atoms with E-state index in [1.165, 1.54) is 12.1 Å². The first-order valence-corrected chi connectivity index (χ1v) is 6.58. The molecule has 3 rings (SSSR count). The van der Waals surface area contributed by atoms with Crippen LogP contribution in [0.3, 0.4) is 0 Å². The number of hydrogen-bond acceptors (Lipinski definition) is 4. The number of oxazole rings is 1. The van der Waals surface area contributed by atoms with Gasteiger partial charge in [-0.1, -0.05) is 0 Å². The third-order valence-corrected chi connectivity index (χ3v) is 3.48. The van der Waals surface area contributed by atoms with Crippen LogP contribution in [-0.2, 0) is 0 Å². The maximum Gasteiger partial charge on any atom is 0.300 e. The Balaban J connectivity index is 1.96. The van der Waals surface area contributed by atoms with E-state index in [9.17, 15) is 4.39 Å². The Kier molecular flexibility index (Phi) is 3.02. The van der Waals surface area contributed by atoms with Crippen LogP contribution in [0.5, 0.6) is 0 Å². The van der Waals surface area contributed by atoms with E-state index in [0.29, 0.717) is 22.8 Å². The summed E-state index contributed by atoms with van der Waals surface area (Å²) in [7, 11) is 0. The molecule has 1 heterocycles. The van der Waals surface area contributed by atoms with E-state index in [-0.39, 0.29) is 5.82 Å². The van der Waals surface area contributed by atoms with E-state index >= 15 is 0 Å². The van der Waals surface area contributed by atoms with Gasteiger partial charge >= 0.3 is 0 Å². The van der Waals surface area contributed by atoms with Crippen molar-refractivity contribution < 1.29 is 8.81 Å². The fourth-order valence-corrected chi connectivity index (χ4v) is 2.31. The molecule has 0 atom stereocenters. The summed E-state index contributed by atoms with van der Waals surface area (Å²) in [6.45, 7) is 0. The number of hydrogen-bond donors (Lipinski definition) is 2. The van der Waals surface area contributed by atoms with Gasteiger partial charge in [0.15, 0.2) is 5.58 Å². The molecule has 0 bridgehead atoms. The fourth-order valence-electron chi connectivity index (χ4n) is 1.70. The molecule has 0 saturated carbocycles. The molecule has 0 spiro atoms. The van der Waals surface area contributed by atoms with Gasteiger partial charge in [0, 0.05) is 15.3 Å². The molecule has 0 aliphatic heterocycles. The van der Waals surface area contributed by atoms with E-state index < -0.39 is 0 Å². The average molecular weight is 369 g/mol. The molecule has 0 aliphatic carbocycles. The van der Waals surface area contributed by atoms with Crippen LogP contribution in [0, 0.1) is 9.39 Å².